The molecule has 1 heterocycles. The Kier molecular flexibility index (Phi) is 8.84. The van der Waals surface area contributed by atoms with Crippen LogP contribution in [0.25, 0.3) is 0 Å². The van der Waals surface area contributed by atoms with Crippen LogP contribution in [-0.4, -0.2) is 44.5 Å². The van der Waals surface area contributed by atoms with Gasteiger partial charge in [0.2, 0.25) is 0 Å². The summed E-state index contributed by atoms with van der Waals surface area (Å²) in [5, 5.41) is 10.2. The summed E-state index contributed by atoms with van der Waals surface area (Å²) < 4.78 is 23.9. The molecule has 0 aliphatic carbocycles. The van der Waals surface area contributed by atoms with Crippen LogP contribution in [0.15, 0.2) is 55.1 Å². The van der Waals surface area contributed by atoms with Crippen molar-refractivity contribution in [2.75, 3.05) is 33.9 Å². The maximum Gasteiger partial charge on any atom is 0.166 e. The number of carbonyl (C=O) groups is 1. The van der Waals surface area contributed by atoms with E-state index < -0.39 is 5.41 Å². The van der Waals surface area contributed by atoms with E-state index in [0.29, 0.717) is 29.9 Å². The zero-order valence-electron chi connectivity index (χ0n) is 20.1. The third-order valence-electron chi connectivity index (χ3n) is 6.81. The number of piperidine rings is 1. The Labute approximate surface area is 201 Å². The normalized spacial score (nSPS) is 16.3. The van der Waals surface area contributed by atoms with Crippen molar-refractivity contribution >= 4 is 5.78 Å². The lowest BCUT2D eigenvalue weighted by molar-refractivity contribution is 0.0838. The molecule has 2 aromatic rings. The zero-order chi connectivity index (χ0) is 24.6. The second-order valence-corrected chi connectivity index (χ2v) is 8.85. The van der Waals surface area contributed by atoms with Crippen LogP contribution in [0.2, 0.25) is 0 Å². The molecule has 0 radical (unpaired) electrons. The maximum atomic E-state index is 13.1. The van der Waals surface area contributed by atoms with E-state index in [1.165, 1.54) is 12.1 Å². The first kappa shape index (κ1) is 25.5. The molecule has 5 nitrogen and oxygen atoms in total. The summed E-state index contributed by atoms with van der Waals surface area (Å²) in [6, 6.07) is 14.0. The van der Waals surface area contributed by atoms with E-state index in [9.17, 15) is 14.4 Å². The van der Waals surface area contributed by atoms with Crippen molar-refractivity contribution in [2.45, 2.75) is 37.5 Å². The Morgan fingerprint density at radius 2 is 1.85 bits per heavy atom. The second kappa shape index (κ2) is 11.8. The SMILES string of the molecule is C=CCC(C#N)(CCCN1CCC(C(=O)c2ccc(F)cc2)CC1)c1ccc(OC)c(OC)c1. The predicted molar refractivity (Wildman–Crippen MR) is 131 cm³/mol. The third kappa shape index (κ3) is 5.84. The Morgan fingerprint density at radius 1 is 1.18 bits per heavy atom. The highest BCUT2D eigenvalue weighted by Crippen LogP contribution is 2.38. The van der Waals surface area contributed by atoms with Crippen molar-refractivity contribution in [3.8, 4) is 17.6 Å². The lowest BCUT2D eigenvalue weighted by Crippen LogP contribution is -2.37. The molecule has 34 heavy (non-hydrogen) atoms. The summed E-state index contributed by atoms with van der Waals surface area (Å²) in [5.74, 6) is 0.991. The number of halogens is 1. The summed E-state index contributed by atoms with van der Waals surface area (Å²) >= 11 is 0. The quantitative estimate of drug-likeness (QED) is 0.322. The van der Waals surface area contributed by atoms with Crippen LogP contribution < -0.4 is 9.47 Å². The Hall–Kier alpha value is -3.17. The van der Waals surface area contributed by atoms with Crippen molar-refractivity contribution in [1.82, 2.24) is 4.90 Å². The maximum absolute atomic E-state index is 13.1. The number of hydrogen-bond donors (Lipinski definition) is 0. The van der Waals surface area contributed by atoms with Gasteiger partial charge in [-0.05, 0) is 93.7 Å². The highest BCUT2D eigenvalue weighted by molar-refractivity contribution is 5.97. The fourth-order valence-electron chi connectivity index (χ4n) is 4.78. The van der Waals surface area contributed by atoms with E-state index in [1.54, 1.807) is 32.4 Å². The van der Waals surface area contributed by atoms with Crippen LogP contribution in [0.4, 0.5) is 4.39 Å². The molecule has 1 fully saturated rings. The predicted octanol–water partition coefficient (Wildman–Crippen LogP) is 5.56. The standard InChI is InChI=1S/C28H33FN2O3/c1-4-14-28(20-30,23-8-11-25(33-2)26(19-23)34-3)15-5-16-31-17-12-22(13-18-31)27(32)21-6-9-24(29)10-7-21/h4,6-11,19,22H,1,5,12-18H2,2-3H3. The average molecular weight is 465 g/mol. The molecule has 3 rings (SSSR count). The fourth-order valence-corrected chi connectivity index (χ4v) is 4.78. The van der Waals surface area contributed by atoms with Gasteiger partial charge in [0.05, 0.1) is 25.7 Å². The number of rotatable bonds is 11. The highest BCUT2D eigenvalue weighted by atomic mass is 19.1. The molecule has 2 aromatic carbocycles. The van der Waals surface area contributed by atoms with Gasteiger partial charge in [-0.2, -0.15) is 5.26 Å². The van der Waals surface area contributed by atoms with Gasteiger partial charge in [-0.3, -0.25) is 4.79 Å². The Balaban J connectivity index is 1.58. The van der Waals surface area contributed by atoms with Gasteiger partial charge in [-0.25, -0.2) is 4.39 Å². The molecule has 0 amide bonds. The van der Waals surface area contributed by atoms with Crippen molar-refractivity contribution in [3.63, 3.8) is 0 Å². The Bertz CT molecular complexity index is 1020. The van der Waals surface area contributed by atoms with Gasteiger partial charge in [0, 0.05) is 11.5 Å². The molecule has 1 unspecified atom stereocenters. The number of allylic oxidation sites excluding steroid dienone is 1. The topological polar surface area (TPSA) is 62.6 Å². The smallest absolute Gasteiger partial charge is 0.166 e. The highest BCUT2D eigenvalue weighted by Gasteiger charge is 2.32. The Morgan fingerprint density at radius 3 is 2.44 bits per heavy atom. The number of likely N-dealkylation sites (tertiary alicyclic amines) is 1. The molecule has 1 saturated heterocycles. The number of carbonyl (C=O) groups excluding carboxylic acids is 1. The monoisotopic (exact) mass is 464 g/mol. The molecule has 0 saturated carbocycles. The average Bonchev–Trinajstić information content (AvgIpc) is 2.88. The van der Waals surface area contributed by atoms with Crippen LogP contribution in [0, 0.1) is 23.1 Å². The van der Waals surface area contributed by atoms with E-state index in [-0.39, 0.29) is 17.5 Å². The molecule has 0 aromatic heterocycles. The number of Topliss-reactive ketones (excluding diaryl/α,β-unsaturated/α-hetero) is 1. The van der Waals surface area contributed by atoms with Crippen LogP contribution in [0.5, 0.6) is 11.5 Å². The van der Waals surface area contributed by atoms with Gasteiger partial charge in [-0.15, -0.1) is 6.58 Å². The summed E-state index contributed by atoms with van der Waals surface area (Å²) in [6.45, 7) is 6.43. The van der Waals surface area contributed by atoms with Gasteiger partial charge in [-0.1, -0.05) is 12.1 Å². The van der Waals surface area contributed by atoms with E-state index in [2.05, 4.69) is 17.5 Å². The zero-order valence-corrected chi connectivity index (χ0v) is 20.1. The molecule has 0 N–H and O–H groups in total. The minimum Gasteiger partial charge on any atom is -0.493 e. The molecular formula is C28H33FN2O3. The van der Waals surface area contributed by atoms with Crippen molar-refractivity contribution in [1.29, 1.82) is 5.26 Å². The second-order valence-electron chi connectivity index (χ2n) is 8.85. The van der Waals surface area contributed by atoms with Crippen LogP contribution in [-0.2, 0) is 5.41 Å². The third-order valence-corrected chi connectivity index (χ3v) is 6.81. The lowest BCUT2D eigenvalue weighted by Gasteiger charge is -2.33. The van der Waals surface area contributed by atoms with Gasteiger partial charge in [0.15, 0.2) is 17.3 Å². The van der Waals surface area contributed by atoms with E-state index >= 15 is 0 Å². The molecule has 0 bridgehead atoms. The van der Waals surface area contributed by atoms with Crippen molar-refractivity contribution in [2.24, 2.45) is 5.92 Å². The first-order valence-corrected chi connectivity index (χ1v) is 11.7. The number of ether oxygens (including phenoxy) is 2. The number of nitrogens with zero attached hydrogens (tertiary/aromatic N) is 2. The number of methoxy groups -OCH3 is 2. The fraction of sp³-hybridized carbons (Fsp3) is 0.429. The summed E-state index contributed by atoms with van der Waals surface area (Å²) in [5.41, 5.74) is 0.798. The molecular weight excluding hydrogens is 431 g/mol. The van der Waals surface area contributed by atoms with E-state index in [4.69, 9.17) is 9.47 Å². The molecule has 1 atom stereocenters. The minimum atomic E-state index is -0.682. The molecule has 6 heteroatoms. The number of hydrogen-bond acceptors (Lipinski definition) is 5. The summed E-state index contributed by atoms with van der Waals surface area (Å²) in [7, 11) is 3.18. The first-order valence-electron chi connectivity index (χ1n) is 11.7. The van der Waals surface area contributed by atoms with Gasteiger partial charge in [0.1, 0.15) is 5.82 Å². The van der Waals surface area contributed by atoms with Crippen LogP contribution in [0.3, 0.4) is 0 Å². The molecule has 0 spiro atoms. The molecule has 1 aliphatic rings. The van der Waals surface area contributed by atoms with Crippen molar-refractivity contribution in [3.05, 3.63) is 72.1 Å². The van der Waals surface area contributed by atoms with Crippen molar-refractivity contribution < 1.29 is 18.7 Å². The van der Waals surface area contributed by atoms with Gasteiger partial charge in [0.25, 0.3) is 0 Å². The largest absolute Gasteiger partial charge is 0.493 e. The summed E-state index contributed by atoms with van der Waals surface area (Å²) in [4.78, 5) is 15.1. The van der Waals surface area contributed by atoms with Crippen LogP contribution in [0.1, 0.15) is 48.0 Å². The van der Waals surface area contributed by atoms with E-state index in [1.807, 2.05) is 18.2 Å². The number of benzene rings is 2. The van der Waals surface area contributed by atoms with Crippen LogP contribution >= 0.6 is 0 Å². The van der Waals surface area contributed by atoms with E-state index in [0.717, 1.165) is 44.5 Å². The molecule has 180 valence electrons. The molecule has 1 aliphatic heterocycles. The van der Waals surface area contributed by atoms with Gasteiger partial charge < -0.3 is 14.4 Å². The number of ketones is 1. The first-order chi connectivity index (χ1) is 16.5. The van der Waals surface area contributed by atoms with Gasteiger partial charge >= 0.3 is 0 Å². The lowest BCUT2D eigenvalue weighted by atomic mass is 9.75. The number of nitriles is 1. The minimum absolute atomic E-state index is 0.0209. The summed E-state index contributed by atoms with van der Waals surface area (Å²) in [6.07, 6.45) is 5.48.